The molecule has 0 amide bonds. The van der Waals surface area contributed by atoms with E-state index in [1.165, 1.54) is 0 Å². The van der Waals surface area contributed by atoms with Gasteiger partial charge in [-0.3, -0.25) is 4.79 Å². The predicted octanol–water partition coefficient (Wildman–Crippen LogP) is 3.69. The lowest BCUT2D eigenvalue weighted by Gasteiger charge is -2.24. The molecule has 0 aromatic heterocycles. The van der Waals surface area contributed by atoms with Crippen molar-refractivity contribution in [2.75, 3.05) is 0 Å². The lowest BCUT2D eigenvalue weighted by Crippen LogP contribution is -2.27. The molecule has 0 aliphatic rings. The molecule has 0 N–H and O–H groups in total. The summed E-state index contributed by atoms with van der Waals surface area (Å²) in [5, 5.41) is 0. The molecule has 0 saturated heterocycles. The van der Waals surface area contributed by atoms with Crippen LogP contribution >= 0.6 is 0 Å². The third-order valence-electron chi connectivity index (χ3n) is 2.23. The van der Waals surface area contributed by atoms with Gasteiger partial charge >= 0.3 is 5.97 Å². The van der Waals surface area contributed by atoms with Crippen LogP contribution in [0.2, 0.25) is 0 Å². The Morgan fingerprint density at radius 3 is 2.29 bits per heavy atom. The maximum absolute atomic E-state index is 11.4. The zero-order chi connectivity index (χ0) is 11.0. The molecule has 14 heavy (non-hydrogen) atoms. The first-order valence-electron chi connectivity index (χ1n) is 5.73. The van der Waals surface area contributed by atoms with Crippen LogP contribution in [0, 0.1) is 0 Å². The van der Waals surface area contributed by atoms with Crippen molar-refractivity contribution in [2.24, 2.45) is 0 Å². The highest BCUT2D eigenvalue weighted by molar-refractivity contribution is 5.69. The Balaban J connectivity index is 3.69. The molecule has 0 bridgehead atoms. The molecule has 0 aromatic carbocycles. The molecule has 0 aromatic rings. The molecule has 0 saturated carbocycles. The van der Waals surface area contributed by atoms with Crippen LogP contribution in [-0.2, 0) is 9.53 Å². The van der Waals surface area contributed by atoms with E-state index in [0.29, 0.717) is 6.42 Å². The summed E-state index contributed by atoms with van der Waals surface area (Å²) in [4.78, 5) is 11.4. The van der Waals surface area contributed by atoms with Crippen molar-refractivity contribution in [1.29, 1.82) is 0 Å². The quantitative estimate of drug-likeness (QED) is 0.463. The molecule has 84 valence electrons. The van der Waals surface area contributed by atoms with E-state index < -0.39 is 0 Å². The standard InChI is InChI=1S/C12H24O2/c1-5-7-8-9-11(13)14-12(3,4)10-6-2/h5-10H2,1-4H3. The highest BCUT2D eigenvalue weighted by atomic mass is 16.6. The zero-order valence-corrected chi connectivity index (χ0v) is 10.1. The molecule has 0 radical (unpaired) electrons. The Bertz CT molecular complexity index is 162. The summed E-state index contributed by atoms with van der Waals surface area (Å²) in [7, 11) is 0. The smallest absolute Gasteiger partial charge is 0.306 e. The van der Waals surface area contributed by atoms with E-state index >= 15 is 0 Å². The summed E-state index contributed by atoms with van der Waals surface area (Å²) in [5.74, 6) is -0.0445. The molecule has 0 aliphatic carbocycles. The average Bonchev–Trinajstić information content (AvgIpc) is 2.03. The summed E-state index contributed by atoms with van der Waals surface area (Å²) in [6, 6.07) is 0. The van der Waals surface area contributed by atoms with E-state index in [9.17, 15) is 4.79 Å². The first-order valence-corrected chi connectivity index (χ1v) is 5.73. The monoisotopic (exact) mass is 200 g/mol. The third-order valence-corrected chi connectivity index (χ3v) is 2.23. The lowest BCUT2D eigenvalue weighted by atomic mass is 10.0. The van der Waals surface area contributed by atoms with Gasteiger partial charge in [0.05, 0.1) is 0 Å². The van der Waals surface area contributed by atoms with Crippen LogP contribution in [0.3, 0.4) is 0 Å². The molecule has 0 rings (SSSR count). The normalized spacial score (nSPS) is 11.4. The van der Waals surface area contributed by atoms with Crippen molar-refractivity contribution < 1.29 is 9.53 Å². The van der Waals surface area contributed by atoms with Gasteiger partial charge in [-0.1, -0.05) is 33.1 Å². The van der Waals surface area contributed by atoms with Gasteiger partial charge in [0.1, 0.15) is 5.60 Å². The number of unbranched alkanes of at least 4 members (excludes halogenated alkanes) is 2. The van der Waals surface area contributed by atoms with E-state index in [4.69, 9.17) is 4.74 Å². The maximum Gasteiger partial charge on any atom is 0.306 e. The van der Waals surface area contributed by atoms with Crippen LogP contribution in [-0.4, -0.2) is 11.6 Å². The van der Waals surface area contributed by atoms with Gasteiger partial charge in [0.25, 0.3) is 0 Å². The lowest BCUT2D eigenvalue weighted by molar-refractivity contribution is -0.157. The molecule has 0 aliphatic heterocycles. The zero-order valence-electron chi connectivity index (χ0n) is 10.1. The summed E-state index contributed by atoms with van der Waals surface area (Å²) < 4.78 is 5.39. The van der Waals surface area contributed by atoms with Crippen LogP contribution in [0.1, 0.15) is 66.2 Å². The topological polar surface area (TPSA) is 26.3 Å². The first kappa shape index (κ1) is 13.5. The van der Waals surface area contributed by atoms with Crippen LogP contribution in [0.4, 0.5) is 0 Å². The molecular weight excluding hydrogens is 176 g/mol. The van der Waals surface area contributed by atoms with Gasteiger partial charge in [0, 0.05) is 6.42 Å². The molecule has 0 atom stereocenters. The molecule has 2 heteroatoms. The second-order valence-electron chi connectivity index (χ2n) is 4.44. The Morgan fingerprint density at radius 1 is 1.14 bits per heavy atom. The molecule has 0 unspecified atom stereocenters. The molecule has 2 nitrogen and oxygen atoms in total. The van der Waals surface area contributed by atoms with E-state index in [-0.39, 0.29) is 11.6 Å². The molecule has 0 spiro atoms. The van der Waals surface area contributed by atoms with Crippen molar-refractivity contribution >= 4 is 5.97 Å². The van der Waals surface area contributed by atoms with E-state index in [2.05, 4.69) is 13.8 Å². The van der Waals surface area contributed by atoms with E-state index in [1.807, 2.05) is 13.8 Å². The minimum atomic E-state index is -0.280. The van der Waals surface area contributed by atoms with Gasteiger partial charge in [-0.25, -0.2) is 0 Å². The number of hydrogen-bond acceptors (Lipinski definition) is 2. The summed E-state index contributed by atoms with van der Waals surface area (Å²) in [5.41, 5.74) is -0.280. The number of carbonyl (C=O) groups excluding carboxylic acids is 1. The summed E-state index contributed by atoms with van der Waals surface area (Å²) in [6.07, 6.45) is 5.77. The fourth-order valence-electron chi connectivity index (χ4n) is 1.53. The Hall–Kier alpha value is -0.530. The minimum Gasteiger partial charge on any atom is -0.460 e. The van der Waals surface area contributed by atoms with E-state index in [1.54, 1.807) is 0 Å². The number of ether oxygens (including phenoxy) is 1. The summed E-state index contributed by atoms with van der Waals surface area (Å²) >= 11 is 0. The molecule has 0 heterocycles. The van der Waals surface area contributed by atoms with Crippen molar-refractivity contribution in [3.63, 3.8) is 0 Å². The van der Waals surface area contributed by atoms with Crippen LogP contribution in [0.15, 0.2) is 0 Å². The number of hydrogen-bond donors (Lipinski definition) is 0. The number of rotatable bonds is 7. The Labute approximate surface area is 88.0 Å². The van der Waals surface area contributed by atoms with Crippen molar-refractivity contribution in [1.82, 2.24) is 0 Å². The Morgan fingerprint density at radius 2 is 1.79 bits per heavy atom. The summed E-state index contributed by atoms with van der Waals surface area (Å²) in [6.45, 7) is 8.20. The van der Waals surface area contributed by atoms with Crippen LogP contribution < -0.4 is 0 Å². The molecule has 0 fully saturated rings. The van der Waals surface area contributed by atoms with Gasteiger partial charge in [0.2, 0.25) is 0 Å². The molecular formula is C12H24O2. The predicted molar refractivity (Wildman–Crippen MR) is 59.2 cm³/mol. The van der Waals surface area contributed by atoms with Gasteiger partial charge < -0.3 is 4.74 Å². The van der Waals surface area contributed by atoms with Gasteiger partial charge in [-0.15, -0.1) is 0 Å². The van der Waals surface area contributed by atoms with Crippen molar-refractivity contribution in [3.05, 3.63) is 0 Å². The van der Waals surface area contributed by atoms with Gasteiger partial charge in [-0.2, -0.15) is 0 Å². The third kappa shape index (κ3) is 6.93. The van der Waals surface area contributed by atoms with Gasteiger partial charge in [0.15, 0.2) is 0 Å². The Kier molecular flexibility index (Phi) is 6.60. The fraction of sp³-hybridized carbons (Fsp3) is 0.917. The van der Waals surface area contributed by atoms with Gasteiger partial charge in [-0.05, 0) is 26.7 Å². The first-order chi connectivity index (χ1) is 6.52. The SMILES string of the molecule is CCCCCC(=O)OC(C)(C)CCC. The van der Waals surface area contributed by atoms with Crippen LogP contribution in [0.5, 0.6) is 0 Å². The fourth-order valence-corrected chi connectivity index (χ4v) is 1.53. The second kappa shape index (κ2) is 6.86. The highest BCUT2D eigenvalue weighted by Crippen LogP contribution is 2.17. The van der Waals surface area contributed by atoms with Crippen molar-refractivity contribution in [2.45, 2.75) is 71.8 Å². The largest absolute Gasteiger partial charge is 0.460 e. The number of carbonyl (C=O) groups is 1. The number of esters is 1. The second-order valence-corrected chi connectivity index (χ2v) is 4.44. The average molecular weight is 200 g/mol. The van der Waals surface area contributed by atoms with Crippen molar-refractivity contribution in [3.8, 4) is 0 Å². The maximum atomic E-state index is 11.4. The van der Waals surface area contributed by atoms with Crippen LogP contribution in [0.25, 0.3) is 0 Å². The van der Waals surface area contributed by atoms with E-state index in [0.717, 1.165) is 32.1 Å². The minimum absolute atomic E-state index is 0.0445. The highest BCUT2D eigenvalue weighted by Gasteiger charge is 2.20.